The summed E-state index contributed by atoms with van der Waals surface area (Å²) in [5.41, 5.74) is 0.771. The van der Waals surface area contributed by atoms with Crippen LogP contribution < -0.4 is 0 Å². The Balaban J connectivity index is 2.54. The lowest BCUT2D eigenvalue weighted by atomic mass is 10.2. The molecule has 9 heteroatoms. The Morgan fingerprint density at radius 3 is 2.43 bits per heavy atom. The number of quaternary nitrogens is 1. The molecule has 0 aromatic heterocycles. The highest BCUT2D eigenvalue weighted by Gasteiger charge is 2.16. The van der Waals surface area contributed by atoms with Crippen molar-refractivity contribution in [1.82, 2.24) is 0 Å². The number of rotatable bonds is 7. The van der Waals surface area contributed by atoms with E-state index in [0.29, 0.717) is 6.54 Å². The van der Waals surface area contributed by atoms with E-state index in [1.54, 1.807) is 20.2 Å². The number of hydrogen-bond acceptors (Lipinski definition) is 6. The maximum Gasteiger partial charge on any atom is 0.264 e. The second-order valence-electron chi connectivity index (χ2n) is 5.20. The smallest absolute Gasteiger partial charge is 0.264 e. The zero-order valence-electron chi connectivity index (χ0n) is 12.0. The summed E-state index contributed by atoms with van der Waals surface area (Å²) < 4.78 is 29.8. The van der Waals surface area contributed by atoms with E-state index in [-0.39, 0.29) is 34.8 Å². The third kappa shape index (κ3) is 7.02. The number of hydrogen-bond donors (Lipinski definition) is 3. The van der Waals surface area contributed by atoms with Crippen LogP contribution in [0.25, 0.3) is 0 Å². The molecule has 0 bridgehead atoms. The van der Waals surface area contributed by atoms with Crippen LogP contribution in [0.3, 0.4) is 0 Å². The molecular formula is C12H20N3O5S+. The maximum atomic E-state index is 10.5. The second kappa shape index (κ2) is 6.83. The molecule has 8 nitrogen and oxygen atoms in total. The van der Waals surface area contributed by atoms with E-state index < -0.39 is 10.1 Å². The molecule has 21 heavy (non-hydrogen) atoms. The lowest BCUT2D eigenvalue weighted by Gasteiger charge is -2.20. The van der Waals surface area contributed by atoms with Crippen molar-refractivity contribution in [3.63, 3.8) is 0 Å². The first-order valence-corrected chi connectivity index (χ1v) is 7.88. The molecule has 0 aliphatic carbocycles. The van der Waals surface area contributed by atoms with E-state index in [2.05, 4.69) is 10.3 Å². The lowest BCUT2D eigenvalue weighted by Crippen LogP contribution is -2.32. The molecule has 0 heterocycles. The Morgan fingerprint density at radius 2 is 1.86 bits per heavy atom. The third-order valence-corrected chi connectivity index (χ3v) is 3.38. The quantitative estimate of drug-likeness (QED) is 0.175. The first-order valence-electron chi connectivity index (χ1n) is 6.27. The average molecular weight is 318 g/mol. The molecule has 118 valence electrons. The van der Waals surface area contributed by atoms with Crippen molar-refractivity contribution in [3.8, 4) is 11.5 Å². The number of phenolic OH excluding ortho intramolecular Hbond substituents is 2. The van der Waals surface area contributed by atoms with Gasteiger partial charge in [0.1, 0.15) is 6.54 Å². The van der Waals surface area contributed by atoms with Crippen molar-refractivity contribution in [2.45, 2.75) is 13.0 Å². The molecule has 0 saturated heterocycles. The highest BCUT2D eigenvalue weighted by molar-refractivity contribution is 7.85. The van der Waals surface area contributed by atoms with Gasteiger partial charge < -0.3 is 10.2 Å². The van der Waals surface area contributed by atoms with Gasteiger partial charge in [0.05, 0.1) is 26.4 Å². The van der Waals surface area contributed by atoms with E-state index >= 15 is 0 Å². The van der Waals surface area contributed by atoms with Gasteiger partial charge >= 0.3 is 0 Å². The van der Waals surface area contributed by atoms with E-state index in [9.17, 15) is 18.6 Å². The van der Waals surface area contributed by atoms with Crippen LogP contribution in [-0.2, 0) is 16.7 Å². The fourth-order valence-corrected chi connectivity index (χ4v) is 2.17. The van der Waals surface area contributed by atoms with Gasteiger partial charge in [-0.05, 0) is 24.6 Å². The molecular weight excluding hydrogens is 298 g/mol. The van der Waals surface area contributed by atoms with Gasteiger partial charge in [-0.3, -0.25) is 4.55 Å². The van der Waals surface area contributed by atoms with Crippen molar-refractivity contribution in [1.29, 1.82) is 0 Å². The molecule has 1 aromatic carbocycles. The minimum Gasteiger partial charge on any atom is -0.504 e. The summed E-state index contributed by atoms with van der Waals surface area (Å²) in [4.78, 5) is 0. The summed E-state index contributed by atoms with van der Waals surface area (Å²) in [6.07, 6.45) is 0.197. The Kier molecular flexibility index (Phi) is 5.64. The molecule has 0 saturated carbocycles. The normalized spacial score (nSPS) is 12.9. The fourth-order valence-electron chi connectivity index (χ4n) is 1.68. The van der Waals surface area contributed by atoms with Crippen molar-refractivity contribution >= 4 is 10.1 Å². The molecule has 1 rings (SSSR count). The summed E-state index contributed by atoms with van der Waals surface area (Å²) >= 11 is 0. The van der Waals surface area contributed by atoms with Crippen molar-refractivity contribution < 1.29 is 27.8 Å². The van der Waals surface area contributed by atoms with Gasteiger partial charge in [-0.2, -0.15) is 13.0 Å². The summed E-state index contributed by atoms with van der Waals surface area (Å²) in [5, 5.41) is 26.6. The average Bonchev–Trinajstić information content (AvgIpc) is 2.31. The minimum atomic E-state index is -3.96. The van der Waals surface area contributed by atoms with Crippen LogP contribution >= 0.6 is 0 Å². The van der Waals surface area contributed by atoms with Crippen LogP contribution in [0.4, 0.5) is 0 Å². The topological polar surface area (TPSA) is 120 Å². The lowest BCUT2D eigenvalue weighted by molar-refractivity contribution is -0.915. The molecule has 1 aromatic rings. The monoisotopic (exact) mass is 318 g/mol. The summed E-state index contributed by atoms with van der Waals surface area (Å²) in [5.74, 6) is -0.723. The Bertz CT molecular complexity index is 613. The first kappa shape index (κ1) is 17.3. The molecule has 0 spiro atoms. The molecule has 0 unspecified atom stereocenters. The van der Waals surface area contributed by atoms with Gasteiger partial charge in [-0.25, -0.2) is 0 Å². The Hall–Kier alpha value is -1.71. The number of benzene rings is 1. The standard InChI is InChI=1S/C12H19N3O5S/c1-15(2,14-13-6-3-7-21(18,19)20)9-10-4-5-11(16)12(17)8-10/h4-5,8H,3,6-7,9H2,1-2H3,(H2-,13,14,16,17,18,19,20)/p+1. The van der Waals surface area contributed by atoms with Gasteiger partial charge in [-0.15, -0.1) is 5.11 Å². The van der Waals surface area contributed by atoms with Gasteiger partial charge in [0.15, 0.2) is 11.5 Å². The SMILES string of the molecule is C[N+](C)(Cc1ccc(O)c(O)c1)N=NCCCS(=O)(=O)O. The molecule has 0 fully saturated rings. The van der Waals surface area contributed by atoms with Crippen LogP contribution in [0.15, 0.2) is 28.5 Å². The van der Waals surface area contributed by atoms with Crippen LogP contribution in [0.5, 0.6) is 11.5 Å². The maximum absolute atomic E-state index is 10.5. The van der Waals surface area contributed by atoms with E-state index in [0.717, 1.165) is 5.56 Å². The Morgan fingerprint density at radius 1 is 1.19 bits per heavy atom. The minimum absolute atomic E-state index is 0.149. The zero-order chi connectivity index (χ0) is 16.1. The Labute approximate surface area is 123 Å². The van der Waals surface area contributed by atoms with Gasteiger partial charge in [0.25, 0.3) is 10.1 Å². The predicted octanol–water partition coefficient (Wildman–Crippen LogP) is 1.32. The molecule has 3 N–H and O–H groups in total. The van der Waals surface area contributed by atoms with Crippen molar-refractivity contribution in [2.75, 3.05) is 26.4 Å². The predicted molar refractivity (Wildman–Crippen MR) is 76.3 cm³/mol. The number of phenols is 2. The van der Waals surface area contributed by atoms with Crippen LogP contribution in [0.1, 0.15) is 12.0 Å². The highest BCUT2D eigenvalue weighted by atomic mass is 32.2. The van der Waals surface area contributed by atoms with Crippen molar-refractivity contribution in [3.05, 3.63) is 23.8 Å². The van der Waals surface area contributed by atoms with Crippen LogP contribution in [0.2, 0.25) is 0 Å². The molecule has 0 aliphatic heterocycles. The van der Waals surface area contributed by atoms with Gasteiger partial charge in [0.2, 0.25) is 0 Å². The molecule has 0 amide bonds. The largest absolute Gasteiger partial charge is 0.504 e. The third-order valence-electron chi connectivity index (χ3n) is 2.58. The summed E-state index contributed by atoms with van der Waals surface area (Å²) in [6.45, 7) is 0.637. The van der Waals surface area contributed by atoms with Crippen LogP contribution in [-0.4, -0.2) is 54.2 Å². The zero-order valence-corrected chi connectivity index (χ0v) is 12.8. The molecule has 0 atom stereocenters. The number of aromatic hydroxyl groups is 2. The van der Waals surface area contributed by atoms with E-state index in [4.69, 9.17) is 4.55 Å². The van der Waals surface area contributed by atoms with E-state index in [1.165, 1.54) is 12.1 Å². The van der Waals surface area contributed by atoms with E-state index in [1.807, 2.05) is 0 Å². The summed E-state index contributed by atoms with van der Waals surface area (Å²) in [6, 6.07) is 4.51. The molecule has 0 radical (unpaired) electrons. The number of nitrogens with zero attached hydrogens (tertiary/aromatic N) is 3. The van der Waals surface area contributed by atoms with Crippen LogP contribution in [0, 0.1) is 0 Å². The molecule has 0 aliphatic rings. The summed E-state index contributed by atoms with van der Waals surface area (Å²) in [7, 11) is -0.380. The van der Waals surface area contributed by atoms with Gasteiger partial charge in [0, 0.05) is 10.8 Å². The second-order valence-corrected chi connectivity index (χ2v) is 6.77. The highest BCUT2D eigenvalue weighted by Crippen LogP contribution is 2.26. The van der Waals surface area contributed by atoms with Crippen molar-refractivity contribution in [2.24, 2.45) is 10.3 Å². The fraction of sp³-hybridized carbons (Fsp3) is 0.500. The van der Waals surface area contributed by atoms with Gasteiger partial charge in [-0.1, -0.05) is 0 Å². The first-order chi connectivity index (χ1) is 9.59.